The largest absolute Gasteiger partial charge is 0.409 e. The zero-order valence-electron chi connectivity index (χ0n) is 9.65. The lowest BCUT2D eigenvalue weighted by molar-refractivity contribution is -0.272. The standard InChI is InChI=1S/C11H8ClF6NO/c12-5-6-1-3-7(4-2-6)19-9(20)8(10(13,14)15)11(16,17)18/h1-4,8H,5H2,(H,19,20). The second kappa shape index (κ2) is 5.90. The Morgan fingerprint density at radius 2 is 1.50 bits per heavy atom. The lowest BCUT2D eigenvalue weighted by Gasteiger charge is -2.22. The van der Waals surface area contributed by atoms with Gasteiger partial charge in [0.25, 0.3) is 0 Å². The average molecular weight is 320 g/mol. The Morgan fingerprint density at radius 3 is 1.85 bits per heavy atom. The van der Waals surface area contributed by atoms with E-state index in [1.165, 1.54) is 24.3 Å². The third-order valence-electron chi connectivity index (χ3n) is 2.29. The molecule has 1 amide bonds. The summed E-state index contributed by atoms with van der Waals surface area (Å²) >= 11 is 5.47. The lowest BCUT2D eigenvalue weighted by atomic mass is 10.1. The van der Waals surface area contributed by atoms with Gasteiger partial charge in [-0.2, -0.15) is 26.3 Å². The second-order valence-corrected chi connectivity index (χ2v) is 4.10. The van der Waals surface area contributed by atoms with E-state index in [-0.39, 0.29) is 11.6 Å². The summed E-state index contributed by atoms with van der Waals surface area (Å²) in [6.07, 6.45) is -11.4. The van der Waals surface area contributed by atoms with Crippen LogP contribution in [0.4, 0.5) is 32.0 Å². The maximum atomic E-state index is 12.3. The van der Waals surface area contributed by atoms with Crippen LogP contribution in [0.5, 0.6) is 0 Å². The van der Waals surface area contributed by atoms with Crippen molar-refractivity contribution in [2.24, 2.45) is 5.92 Å². The van der Waals surface area contributed by atoms with Crippen molar-refractivity contribution in [2.75, 3.05) is 5.32 Å². The van der Waals surface area contributed by atoms with Crippen LogP contribution in [0.1, 0.15) is 5.56 Å². The summed E-state index contributed by atoms with van der Waals surface area (Å²) in [5.74, 6) is -6.12. The van der Waals surface area contributed by atoms with E-state index in [1.54, 1.807) is 5.32 Å². The highest BCUT2D eigenvalue weighted by atomic mass is 35.5. The Labute approximate surface area is 114 Å². The molecule has 112 valence electrons. The van der Waals surface area contributed by atoms with E-state index in [4.69, 9.17) is 11.6 Å². The van der Waals surface area contributed by atoms with Crippen LogP contribution in [0.2, 0.25) is 0 Å². The van der Waals surface area contributed by atoms with Gasteiger partial charge in [-0.05, 0) is 17.7 Å². The number of benzene rings is 1. The summed E-state index contributed by atoms with van der Waals surface area (Å²) < 4.78 is 73.7. The fraction of sp³-hybridized carbons (Fsp3) is 0.364. The van der Waals surface area contributed by atoms with Gasteiger partial charge in [-0.25, -0.2) is 0 Å². The predicted molar refractivity (Wildman–Crippen MR) is 60.2 cm³/mol. The Morgan fingerprint density at radius 1 is 1.05 bits per heavy atom. The van der Waals surface area contributed by atoms with Crippen molar-refractivity contribution in [3.8, 4) is 0 Å². The van der Waals surface area contributed by atoms with Gasteiger partial charge in [0.1, 0.15) is 0 Å². The summed E-state index contributed by atoms with van der Waals surface area (Å²) in [5.41, 5.74) is 0.426. The third-order valence-corrected chi connectivity index (χ3v) is 2.60. The normalized spacial score (nSPS) is 12.6. The molecule has 0 radical (unpaired) electrons. The Balaban J connectivity index is 2.91. The molecule has 0 heterocycles. The van der Waals surface area contributed by atoms with E-state index in [0.29, 0.717) is 5.56 Å². The molecular weight excluding hydrogens is 312 g/mol. The van der Waals surface area contributed by atoms with Crippen molar-refractivity contribution in [1.82, 2.24) is 0 Å². The third kappa shape index (κ3) is 4.29. The van der Waals surface area contributed by atoms with Crippen molar-refractivity contribution in [3.05, 3.63) is 29.8 Å². The zero-order valence-corrected chi connectivity index (χ0v) is 10.4. The first kappa shape index (κ1) is 16.6. The van der Waals surface area contributed by atoms with Gasteiger partial charge in [0, 0.05) is 11.6 Å². The molecule has 1 aromatic rings. The molecule has 0 unspecified atom stereocenters. The molecule has 1 rings (SSSR count). The smallest absolute Gasteiger partial charge is 0.325 e. The number of anilines is 1. The van der Waals surface area contributed by atoms with Crippen LogP contribution in [0.15, 0.2) is 24.3 Å². The number of carbonyl (C=O) groups excluding carboxylic acids is 1. The van der Waals surface area contributed by atoms with Crippen LogP contribution in [0.25, 0.3) is 0 Å². The summed E-state index contributed by atoms with van der Waals surface area (Å²) in [6, 6.07) is 5.08. The van der Waals surface area contributed by atoms with Crippen LogP contribution in [0, 0.1) is 5.92 Å². The van der Waals surface area contributed by atoms with Crippen molar-refractivity contribution < 1.29 is 31.1 Å². The molecule has 0 saturated heterocycles. The minimum absolute atomic E-state index is 0.127. The van der Waals surface area contributed by atoms with Gasteiger partial charge in [-0.15, -0.1) is 11.6 Å². The topological polar surface area (TPSA) is 29.1 Å². The van der Waals surface area contributed by atoms with Crippen LogP contribution < -0.4 is 5.32 Å². The van der Waals surface area contributed by atoms with E-state index in [2.05, 4.69) is 0 Å². The monoisotopic (exact) mass is 319 g/mol. The fourth-order valence-corrected chi connectivity index (χ4v) is 1.55. The average Bonchev–Trinajstić information content (AvgIpc) is 2.25. The first-order valence-corrected chi connectivity index (χ1v) is 5.68. The minimum Gasteiger partial charge on any atom is -0.325 e. The Bertz CT molecular complexity index is 453. The predicted octanol–water partition coefficient (Wildman–Crippen LogP) is 4.10. The molecule has 0 aliphatic heterocycles. The Hall–Kier alpha value is -1.44. The summed E-state index contributed by atoms with van der Waals surface area (Å²) in [6.45, 7) is 0. The van der Waals surface area contributed by atoms with Crippen LogP contribution >= 0.6 is 11.6 Å². The Kier molecular flexibility index (Phi) is 4.90. The van der Waals surface area contributed by atoms with E-state index in [9.17, 15) is 31.1 Å². The highest BCUT2D eigenvalue weighted by molar-refractivity contribution is 6.17. The number of amides is 1. The molecule has 0 aromatic heterocycles. The molecule has 1 N–H and O–H groups in total. The summed E-state index contributed by atoms with van der Waals surface area (Å²) in [4.78, 5) is 11.2. The first-order valence-electron chi connectivity index (χ1n) is 5.15. The molecule has 2 nitrogen and oxygen atoms in total. The van der Waals surface area contributed by atoms with E-state index in [1.807, 2.05) is 0 Å². The number of rotatable bonds is 3. The number of halogens is 7. The minimum atomic E-state index is -5.71. The molecule has 0 bridgehead atoms. The van der Waals surface area contributed by atoms with E-state index in [0.717, 1.165) is 0 Å². The van der Waals surface area contributed by atoms with Crippen molar-refractivity contribution in [2.45, 2.75) is 18.2 Å². The molecule has 0 saturated carbocycles. The second-order valence-electron chi connectivity index (χ2n) is 3.84. The van der Waals surface area contributed by atoms with Gasteiger partial charge in [-0.3, -0.25) is 4.79 Å². The molecule has 0 atom stereocenters. The number of carbonyl (C=O) groups is 1. The zero-order chi connectivity index (χ0) is 15.6. The molecular formula is C11H8ClF6NO. The van der Waals surface area contributed by atoms with Crippen LogP contribution in [-0.4, -0.2) is 18.3 Å². The molecule has 0 aliphatic carbocycles. The van der Waals surface area contributed by atoms with Crippen LogP contribution in [-0.2, 0) is 10.7 Å². The van der Waals surface area contributed by atoms with Crippen molar-refractivity contribution in [1.29, 1.82) is 0 Å². The molecule has 1 aromatic carbocycles. The molecule has 0 fully saturated rings. The highest BCUT2D eigenvalue weighted by Gasteiger charge is 2.61. The number of hydrogen-bond donors (Lipinski definition) is 1. The van der Waals surface area contributed by atoms with Crippen LogP contribution in [0.3, 0.4) is 0 Å². The lowest BCUT2D eigenvalue weighted by Crippen LogP contribution is -2.45. The van der Waals surface area contributed by atoms with Gasteiger partial charge in [0.2, 0.25) is 11.8 Å². The van der Waals surface area contributed by atoms with Gasteiger partial charge in [0.15, 0.2) is 0 Å². The van der Waals surface area contributed by atoms with E-state index < -0.39 is 24.2 Å². The maximum absolute atomic E-state index is 12.3. The molecule has 0 spiro atoms. The van der Waals surface area contributed by atoms with Gasteiger partial charge < -0.3 is 5.32 Å². The van der Waals surface area contributed by atoms with Gasteiger partial charge in [-0.1, -0.05) is 12.1 Å². The fourth-order valence-electron chi connectivity index (χ4n) is 1.37. The molecule has 0 aliphatic rings. The SMILES string of the molecule is O=C(Nc1ccc(CCl)cc1)C(C(F)(F)F)C(F)(F)F. The first-order chi connectivity index (χ1) is 9.05. The quantitative estimate of drug-likeness (QED) is 0.659. The van der Waals surface area contributed by atoms with Crippen molar-refractivity contribution >= 4 is 23.2 Å². The maximum Gasteiger partial charge on any atom is 0.409 e. The summed E-state index contributed by atoms with van der Waals surface area (Å²) in [7, 11) is 0. The number of nitrogens with one attached hydrogen (secondary N) is 1. The van der Waals surface area contributed by atoms with Gasteiger partial charge in [0.05, 0.1) is 0 Å². The molecule has 9 heteroatoms. The van der Waals surface area contributed by atoms with Crippen molar-refractivity contribution in [3.63, 3.8) is 0 Å². The number of hydrogen-bond acceptors (Lipinski definition) is 1. The molecule has 20 heavy (non-hydrogen) atoms. The van der Waals surface area contributed by atoms with Gasteiger partial charge >= 0.3 is 12.4 Å². The highest BCUT2D eigenvalue weighted by Crippen LogP contribution is 2.39. The summed E-state index contributed by atoms with van der Waals surface area (Å²) in [5, 5.41) is 1.58. The van der Waals surface area contributed by atoms with E-state index >= 15 is 0 Å². The number of alkyl halides is 7.